The van der Waals surface area contributed by atoms with Crippen LogP contribution in [-0.4, -0.2) is 11.6 Å². The van der Waals surface area contributed by atoms with Crippen molar-refractivity contribution in [3.05, 3.63) is 46.0 Å². The summed E-state index contributed by atoms with van der Waals surface area (Å²) in [7, 11) is 0. The first-order chi connectivity index (χ1) is 8.70. The Balaban J connectivity index is 2.28. The molecule has 0 N–H and O–H groups in total. The van der Waals surface area contributed by atoms with Crippen LogP contribution in [0.2, 0.25) is 5.02 Å². The molecule has 0 saturated heterocycles. The Bertz CT molecular complexity index is 548. The lowest BCUT2D eigenvalue weighted by Crippen LogP contribution is -1.96. The molecule has 0 aliphatic heterocycles. The van der Waals surface area contributed by atoms with Crippen LogP contribution in [0, 0.1) is 0 Å². The molecular weight excluding hydrogens is 318 g/mol. The van der Waals surface area contributed by atoms with Crippen molar-refractivity contribution in [2.45, 2.75) is 6.92 Å². The van der Waals surface area contributed by atoms with Gasteiger partial charge in [-0.05, 0) is 41.1 Å². The van der Waals surface area contributed by atoms with Crippen molar-refractivity contribution in [1.82, 2.24) is 4.98 Å². The number of halogens is 2. The van der Waals surface area contributed by atoms with Gasteiger partial charge >= 0.3 is 0 Å². The smallest absolute Gasteiger partial charge is 0.233 e. The second-order valence-electron chi connectivity index (χ2n) is 3.42. The van der Waals surface area contributed by atoms with E-state index in [4.69, 9.17) is 21.1 Å². The molecular formula is C13H11BrClNO2. The Labute approximate surface area is 119 Å². The van der Waals surface area contributed by atoms with Crippen LogP contribution in [0.5, 0.6) is 17.4 Å². The molecule has 1 aromatic heterocycles. The molecule has 0 unspecified atom stereocenters. The summed E-state index contributed by atoms with van der Waals surface area (Å²) in [6.45, 7) is 2.50. The third-order valence-corrected chi connectivity index (χ3v) is 2.90. The van der Waals surface area contributed by atoms with E-state index in [0.29, 0.717) is 33.5 Å². The molecule has 0 amide bonds. The van der Waals surface area contributed by atoms with E-state index in [0.717, 1.165) is 0 Å². The molecule has 0 atom stereocenters. The lowest BCUT2D eigenvalue weighted by atomic mass is 10.3. The van der Waals surface area contributed by atoms with Crippen molar-refractivity contribution in [1.29, 1.82) is 0 Å². The number of pyridine rings is 1. The fourth-order valence-corrected chi connectivity index (χ4v) is 2.11. The molecule has 0 fully saturated rings. The Hall–Kier alpha value is -1.26. The highest BCUT2D eigenvalue weighted by Gasteiger charge is 2.09. The summed E-state index contributed by atoms with van der Waals surface area (Å²) < 4.78 is 11.9. The number of rotatable bonds is 4. The van der Waals surface area contributed by atoms with Crippen molar-refractivity contribution in [2.75, 3.05) is 6.61 Å². The van der Waals surface area contributed by atoms with Crippen molar-refractivity contribution in [2.24, 2.45) is 0 Å². The van der Waals surface area contributed by atoms with Crippen molar-refractivity contribution in [3.63, 3.8) is 0 Å². The third kappa shape index (κ3) is 3.15. The van der Waals surface area contributed by atoms with Crippen LogP contribution < -0.4 is 9.47 Å². The van der Waals surface area contributed by atoms with E-state index in [-0.39, 0.29) is 0 Å². The molecule has 1 aromatic carbocycles. The molecule has 0 bridgehead atoms. The quantitative estimate of drug-likeness (QED) is 0.816. The monoisotopic (exact) mass is 327 g/mol. The zero-order chi connectivity index (χ0) is 13.0. The maximum Gasteiger partial charge on any atom is 0.233 e. The Morgan fingerprint density at radius 2 is 2.00 bits per heavy atom. The zero-order valence-corrected chi connectivity index (χ0v) is 12.0. The third-order valence-electron chi connectivity index (χ3n) is 2.13. The van der Waals surface area contributed by atoms with Gasteiger partial charge < -0.3 is 9.47 Å². The minimum Gasteiger partial charge on any atom is -0.490 e. The van der Waals surface area contributed by atoms with Crippen LogP contribution in [-0.2, 0) is 0 Å². The number of aromatic nitrogens is 1. The number of ether oxygens (including phenoxy) is 2. The van der Waals surface area contributed by atoms with Gasteiger partial charge in [-0.25, -0.2) is 4.98 Å². The van der Waals surface area contributed by atoms with Crippen LogP contribution in [0.15, 0.2) is 41.0 Å². The molecule has 0 saturated carbocycles. The van der Waals surface area contributed by atoms with Gasteiger partial charge in [0.25, 0.3) is 0 Å². The van der Waals surface area contributed by atoms with E-state index in [1.54, 1.807) is 6.07 Å². The minimum absolute atomic E-state index is 0.451. The molecule has 0 spiro atoms. The average Bonchev–Trinajstić information content (AvgIpc) is 2.35. The van der Waals surface area contributed by atoms with E-state index >= 15 is 0 Å². The summed E-state index contributed by atoms with van der Waals surface area (Å²) >= 11 is 9.18. The number of hydrogen-bond donors (Lipinski definition) is 0. The normalized spacial score (nSPS) is 10.2. The topological polar surface area (TPSA) is 31.4 Å². The molecule has 18 heavy (non-hydrogen) atoms. The fourth-order valence-electron chi connectivity index (χ4n) is 1.39. The summed E-state index contributed by atoms with van der Waals surface area (Å²) in [6.07, 6.45) is 1.53. The summed E-state index contributed by atoms with van der Waals surface area (Å²) in [5.74, 6) is 1.75. The van der Waals surface area contributed by atoms with Gasteiger partial charge in [0.2, 0.25) is 5.88 Å². The zero-order valence-electron chi connectivity index (χ0n) is 9.69. The van der Waals surface area contributed by atoms with Gasteiger partial charge in [0, 0.05) is 6.20 Å². The lowest BCUT2D eigenvalue weighted by Gasteiger charge is -2.11. The van der Waals surface area contributed by atoms with Gasteiger partial charge in [-0.2, -0.15) is 0 Å². The fraction of sp³-hybridized carbons (Fsp3) is 0.154. The SMILES string of the molecule is CCOc1ccccc1Oc1ncc(Cl)cc1Br. The highest BCUT2D eigenvalue weighted by Crippen LogP contribution is 2.34. The largest absolute Gasteiger partial charge is 0.490 e. The van der Waals surface area contributed by atoms with Crippen LogP contribution in [0.3, 0.4) is 0 Å². The highest BCUT2D eigenvalue weighted by molar-refractivity contribution is 9.10. The van der Waals surface area contributed by atoms with Gasteiger partial charge in [0.05, 0.1) is 16.1 Å². The van der Waals surface area contributed by atoms with E-state index in [2.05, 4.69) is 20.9 Å². The van der Waals surface area contributed by atoms with Gasteiger partial charge in [0.15, 0.2) is 11.5 Å². The van der Waals surface area contributed by atoms with E-state index in [1.807, 2.05) is 31.2 Å². The van der Waals surface area contributed by atoms with Crippen LogP contribution in [0.4, 0.5) is 0 Å². The van der Waals surface area contributed by atoms with Crippen LogP contribution in [0.25, 0.3) is 0 Å². The predicted molar refractivity (Wildman–Crippen MR) is 74.6 cm³/mol. The molecule has 3 nitrogen and oxygen atoms in total. The Kier molecular flexibility index (Phi) is 4.44. The molecule has 2 rings (SSSR count). The number of nitrogens with zero attached hydrogens (tertiary/aromatic N) is 1. The number of hydrogen-bond acceptors (Lipinski definition) is 3. The summed E-state index contributed by atoms with van der Waals surface area (Å²) in [4.78, 5) is 4.12. The molecule has 0 aliphatic carbocycles. The maximum atomic E-state index is 5.83. The molecule has 0 aliphatic rings. The van der Waals surface area contributed by atoms with Crippen LogP contribution in [0.1, 0.15) is 6.92 Å². The van der Waals surface area contributed by atoms with Crippen molar-refractivity contribution in [3.8, 4) is 17.4 Å². The van der Waals surface area contributed by atoms with Crippen LogP contribution >= 0.6 is 27.5 Å². The lowest BCUT2D eigenvalue weighted by molar-refractivity contribution is 0.319. The van der Waals surface area contributed by atoms with Crippen molar-refractivity contribution < 1.29 is 9.47 Å². The average molecular weight is 329 g/mol. The Morgan fingerprint density at radius 3 is 2.67 bits per heavy atom. The van der Waals surface area contributed by atoms with Gasteiger partial charge in [-0.15, -0.1) is 0 Å². The summed E-state index contributed by atoms with van der Waals surface area (Å²) in [5.41, 5.74) is 0. The van der Waals surface area contributed by atoms with E-state index < -0.39 is 0 Å². The number of benzene rings is 1. The van der Waals surface area contributed by atoms with Crippen molar-refractivity contribution >= 4 is 27.5 Å². The molecule has 2 aromatic rings. The van der Waals surface area contributed by atoms with Gasteiger partial charge in [-0.1, -0.05) is 23.7 Å². The summed E-state index contributed by atoms with van der Waals surface area (Å²) in [6, 6.07) is 9.17. The summed E-state index contributed by atoms with van der Waals surface area (Å²) in [5, 5.41) is 0.548. The minimum atomic E-state index is 0.451. The van der Waals surface area contributed by atoms with E-state index in [1.165, 1.54) is 6.20 Å². The molecule has 0 radical (unpaired) electrons. The second kappa shape index (κ2) is 6.07. The molecule has 1 heterocycles. The number of para-hydroxylation sites is 2. The van der Waals surface area contributed by atoms with E-state index in [9.17, 15) is 0 Å². The predicted octanol–water partition coefficient (Wildman–Crippen LogP) is 4.69. The second-order valence-corrected chi connectivity index (χ2v) is 4.71. The Morgan fingerprint density at radius 1 is 1.28 bits per heavy atom. The molecule has 94 valence electrons. The highest BCUT2D eigenvalue weighted by atomic mass is 79.9. The maximum absolute atomic E-state index is 5.83. The molecule has 5 heteroatoms. The standard InChI is InChI=1S/C13H11BrClNO2/c1-2-17-11-5-3-4-6-12(11)18-13-10(14)7-9(15)8-16-13/h3-8H,2H2,1H3. The van der Waals surface area contributed by atoms with Gasteiger partial charge in [-0.3, -0.25) is 0 Å². The first-order valence-corrected chi connectivity index (χ1v) is 6.58. The van der Waals surface area contributed by atoms with Gasteiger partial charge in [0.1, 0.15) is 0 Å². The first kappa shape index (κ1) is 13.2. The first-order valence-electron chi connectivity index (χ1n) is 5.41.